The summed E-state index contributed by atoms with van der Waals surface area (Å²) in [6.45, 7) is 0.843. The largest absolute Gasteiger partial charge is 0.373 e. The van der Waals surface area contributed by atoms with Crippen LogP contribution in [0.2, 0.25) is 0 Å². The van der Waals surface area contributed by atoms with Crippen molar-refractivity contribution in [1.82, 2.24) is 0 Å². The smallest absolute Gasteiger partial charge is 0.184 e. The molecule has 0 aliphatic carbocycles. The first-order chi connectivity index (χ1) is 8.34. The van der Waals surface area contributed by atoms with Gasteiger partial charge in [-0.15, -0.1) is 0 Å². The average Bonchev–Trinajstić information content (AvgIpc) is 2.40. The molecule has 2 saturated heterocycles. The Morgan fingerprint density at radius 2 is 1.94 bits per heavy atom. The van der Waals surface area contributed by atoms with E-state index in [-0.39, 0.29) is 6.10 Å². The van der Waals surface area contributed by atoms with E-state index in [1.165, 1.54) is 0 Å². The summed E-state index contributed by atoms with van der Waals surface area (Å²) in [6.07, 6.45) is -1.79. The Bertz CT molecular complexity index is 370. The topological polar surface area (TPSA) is 27.7 Å². The van der Waals surface area contributed by atoms with Crippen LogP contribution in [0.15, 0.2) is 30.3 Å². The van der Waals surface area contributed by atoms with E-state index in [4.69, 9.17) is 14.2 Å². The second kappa shape index (κ2) is 4.72. The van der Waals surface area contributed by atoms with Gasteiger partial charge in [0.25, 0.3) is 0 Å². The van der Waals surface area contributed by atoms with Gasteiger partial charge in [-0.05, 0) is 0 Å². The van der Waals surface area contributed by atoms with Crippen molar-refractivity contribution in [3.63, 3.8) is 0 Å². The van der Waals surface area contributed by atoms with Crippen LogP contribution in [0.4, 0.5) is 4.39 Å². The van der Waals surface area contributed by atoms with Crippen molar-refractivity contribution in [2.75, 3.05) is 13.2 Å². The maximum absolute atomic E-state index is 13.7. The molecule has 2 fully saturated rings. The number of rotatable bonds is 1. The number of alkyl halides is 1. The summed E-state index contributed by atoms with van der Waals surface area (Å²) in [7, 11) is 0. The molecule has 0 radical (unpaired) electrons. The first kappa shape index (κ1) is 11.1. The highest BCUT2D eigenvalue weighted by Crippen LogP contribution is 2.32. The Morgan fingerprint density at radius 3 is 2.76 bits per heavy atom. The second-order valence-electron chi connectivity index (χ2n) is 4.39. The predicted molar refractivity (Wildman–Crippen MR) is 59.3 cm³/mol. The minimum atomic E-state index is -0.955. The van der Waals surface area contributed by atoms with E-state index in [2.05, 4.69) is 0 Å². The second-order valence-corrected chi connectivity index (χ2v) is 4.39. The van der Waals surface area contributed by atoms with Crippen LogP contribution in [0.5, 0.6) is 0 Å². The van der Waals surface area contributed by atoms with Crippen molar-refractivity contribution in [3.8, 4) is 0 Å². The molecule has 3 rings (SSSR count). The molecule has 2 aliphatic heterocycles. The zero-order chi connectivity index (χ0) is 11.7. The lowest BCUT2D eigenvalue weighted by molar-refractivity contribution is -0.291. The molecule has 1 aromatic carbocycles. The van der Waals surface area contributed by atoms with Gasteiger partial charge in [-0.1, -0.05) is 30.3 Å². The van der Waals surface area contributed by atoms with Crippen molar-refractivity contribution < 1.29 is 18.6 Å². The molecule has 0 aromatic heterocycles. The van der Waals surface area contributed by atoms with E-state index in [9.17, 15) is 4.39 Å². The normalized spacial score (nSPS) is 37.5. The summed E-state index contributed by atoms with van der Waals surface area (Å²) >= 11 is 0. The van der Waals surface area contributed by atoms with Crippen molar-refractivity contribution in [2.24, 2.45) is 0 Å². The van der Waals surface area contributed by atoms with Crippen LogP contribution in [0.25, 0.3) is 0 Å². The van der Waals surface area contributed by atoms with Crippen LogP contribution in [0.1, 0.15) is 18.3 Å². The van der Waals surface area contributed by atoms with E-state index in [0.29, 0.717) is 19.6 Å². The number of hydrogen-bond acceptors (Lipinski definition) is 3. The summed E-state index contributed by atoms with van der Waals surface area (Å²) < 4.78 is 30.4. The number of fused-ring (bicyclic) bond motifs is 1. The molecule has 0 spiro atoms. The third kappa shape index (κ3) is 2.20. The molecule has 0 amide bonds. The molecule has 0 saturated carbocycles. The van der Waals surface area contributed by atoms with Crippen LogP contribution in [0.3, 0.4) is 0 Å². The molecule has 4 heteroatoms. The zero-order valence-corrected chi connectivity index (χ0v) is 9.42. The molecule has 92 valence electrons. The van der Waals surface area contributed by atoms with Crippen molar-refractivity contribution >= 4 is 0 Å². The molecule has 2 aliphatic rings. The molecule has 3 nitrogen and oxygen atoms in total. The fourth-order valence-corrected chi connectivity index (χ4v) is 2.29. The monoisotopic (exact) mass is 238 g/mol. The van der Waals surface area contributed by atoms with E-state index in [1.54, 1.807) is 0 Å². The maximum Gasteiger partial charge on any atom is 0.184 e. The summed E-state index contributed by atoms with van der Waals surface area (Å²) in [6, 6.07) is 9.59. The minimum Gasteiger partial charge on any atom is -0.373 e. The molecule has 0 bridgehead atoms. The third-order valence-corrected chi connectivity index (χ3v) is 3.21. The predicted octanol–water partition coefficient (Wildman–Crippen LogP) is 2.23. The van der Waals surface area contributed by atoms with Crippen LogP contribution in [-0.4, -0.2) is 31.6 Å². The van der Waals surface area contributed by atoms with Crippen LogP contribution < -0.4 is 0 Å². The van der Waals surface area contributed by atoms with Crippen LogP contribution >= 0.6 is 0 Å². The highest BCUT2D eigenvalue weighted by Gasteiger charge is 2.41. The molecule has 0 N–H and O–H groups in total. The van der Waals surface area contributed by atoms with Gasteiger partial charge in [0.05, 0.1) is 13.2 Å². The van der Waals surface area contributed by atoms with Crippen molar-refractivity contribution in [2.45, 2.75) is 31.1 Å². The zero-order valence-electron chi connectivity index (χ0n) is 9.42. The number of benzene rings is 1. The highest BCUT2D eigenvalue weighted by atomic mass is 19.1. The van der Waals surface area contributed by atoms with Gasteiger partial charge in [0.15, 0.2) is 6.29 Å². The Kier molecular flexibility index (Phi) is 3.09. The first-order valence-corrected chi connectivity index (χ1v) is 5.92. The molecule has 2 heterocycles. The molecule has 1 aromatic rings. The Hall–Kier alpha value is -0.970. The average molecular weight is 238 g/mol. The van der Waals surface area contributed by atoms with Gasteiger partial charge in [-0.3, -0.25) is 0 Å². The van der Waals surface area contributed by atoms with Crippen LogP contribution in [-0.2, 0) is 14.2 Å². The molecule has 2 unspecified atom stereocenters. The number of ether oxygens (including phenoxy) is 3. The summed E-state index contributed by atoms with van der Waals surface area (Å²) in [4.78, 5) is 0. The summed E-state index contributed by atoms with van der Waals surface area (Å²) in [5, 5.41) is 0. The summed E-state index contributed by atoms with van der Waals surface area (Å²) in [5.41, 5.74) is 0.920. The number of halogens is 1. The van der Waals surface area contributed by atoms with Gasteiger partial charge in [0, 0.05) is 12.0 Å². The van der Waals surface area contributed by atoms with E-state index in [0.717, 1.165) is 5.56 Å². The minimum absolute atomic E-state index is 0.265. The Balaban J connectivity index is 1.74. The SMILES string of the molecule is FC1CCO[C@@H]2COC(c3ccccc3)O[C@@H]12. The fraction of sp³-hybridized carbons (Fsp3) is 0.538. The van der Waals surface area contributed by atoms with Gasteiger partial charge < -0.3 is 14.2 Å². The van der Waals surface area contributed by atoms with E-state index < -0.39 is 18.6 Å². The molecular weight excluding hydrogens is 223 g/mol. The maximum atomic E-state index is 13.7. The van der Waals surface area contributed by atoms with Gasteiger partial charge in [0.1, 0.15) is 18.4 Å². The highest BCUT2D eigenvalue weighted by molar-refractivity contribution is 5.16. The fourth-order valence-electron chi connectivity index (χ4n) is 2.29. The van der Waals surface area contributed by atoms with E-state index in [1.807, 2.05) is 30.3 Å². The Morgan fingerprint density at radius 1 is 1.12 bits per heavy atom. The summed E-state index contributed by atoms with van der Waals surface area (Å²) in [5.74, 6) is 0. The lowest BCUT2D eigenvalue weighted by Gasteiger charge is -2.40. The molecular formula is C13H15FO3. The van der Waals surface area contributed by atoms with Crippen LogP contribution in [0, 0.1) is 0 Å². The first-order valence-electron chi connectivity index (χ1n) is 5.92. The lowest BCUT2D eigenvalue weighted by Crippen LogP contribution is -2.50. The number of hydrogen-bond donors (Lipinski definition) is 0. The molecule has 4 atom stereocenters. The quantitative estimate of drug-likeness (QED) is 0.751. The van der Waals surface area contributed by atoms with Gasteiger partial charge >= 0.3 is 0 Å². The Labute approximate surface area is 99.5 Å². The standard InChI is InChI=1S/C13H15FO3/c14-10-6-7-15-11-8-16-13(17-12(10)11)9-4-2-1-3-5-9/h1-5,10-13H,6-8H2/t10?,11-,12+,13?/m1/s1. The van der Waals surface area contributed by atoms with Gasteiger partial charge in [0.2, 0.25) is 0 Å². The van der Waals surface area contributed by atoms with E-state index >= 15 is 0 Å². The lowest BCUT2D eigenvalue weighted by atomic mass is 10.0. The third-order valence-electron chi connectivity index (χ3n) is 3.21. The van der Waals surface area contributed by atoms with Gasteiger partial charge in [-0.2, -0.15) is 0 Å². The van der Waals surface area contributed by atoms with Crippen molar-refractivity contribution in [3.05, 3.63) is 35.9 Å². The van der Waals surface area contributed by atoms with Gasteiger partial charge in [-0.25, -0.2) is 4.39 Å². The molecule has 17 heavy (non-hydrogen) atoms. The van der Waals surface area contributed by atoms with Crippen molar-refractivity contribution in [1.29, 1.82) is 0 Å².